The van der Waals surface area contributed by atoms with E-state index >= 15 is 0 Å². The molecule has 0 aliphatic carbocycles. The van der Waals surface area contributed by atoms with Gasteiger partial charge in [0.05, 0.1) is 6.61 Å². The predicted molar refractivity (Wildman–Crippen MR) is 83.2 cm³/mol. The molecule has 1 unspecified atom stereocenters. The zero-order valence-corrected chi connectivity index (χ0v) is 13.0. The Bertz CT molecular complexity index is 637. The Morgan fingerprint density at radius 2 is 1.90 bits per heavy atom. The lowest BCUT2D eigenvalue weighted by molar-refractivity contribution is 0.206. The van der Waals surface area contributed by atoms with Crippen LogP contribution >= 0.6 is 15.9 Å². The lowest BCUT2D eigenvalue weighted by Crippen LogP contribution is -2.13. The summed E-state index contributed by atoms with van der Waals surface area (Å²) in [4.78, 5) is 0. The van der Waals surface area contributed by atoms with Crippen molar-refractivity contribution >= 4 is 15.9 Å². The molecule has 0 amide bonds. The van der Waals surface area contributed by atoms with Crippen molar-refractivity contribution in [2.45, 2.75) is 25.9 Å². The number of aliphatic hydroxyl groups is 1. The Morgan fingerprint density at radius 3 is 2.75 bits per heavy atom. The quantitative estimate of drug-likeness (QED) is 0.894. The van der Waals surface area contributed by atoms with Gasteiger partial charge < -0.3 is 9.84 Å². The van der Waals surface area contributed by atoms with Gasteiger partial charge in [-0.2, -0.15) is 0 Å². The third-order valence-electron chi connectivity index (χ3n) is 3.86. The summed E-state index contributed by atoms with van der Waals surface area (Å²) in [6, 6.07) is 11.9. The molecule has 0 fully saturated rings. The summed E-state index contributed by atoms with van der Waals surface area (Å²) in [6.45, 7) is 2.74. The summed E-state index contributed by atoms with van der Waals surface area (Å²) >= 11 is 3.52. The maximum absolute atomic E-state index is 10.8. The van der Waals surface area contributed by atoms with Crippen LogP contribution in [0, 0.1) is 6.92 Å². The van der Waals surface area contributed by atoms with E-state index in [1.165, 1.54) is 5.56 Å². The van der Waals surface area contributed by atoms with Crippen molar-refractivity contribution in [2.24, 2.45) is 0 Å². The number of halogens is 1. The molecule has 2 aromatic rings. The molecule has 0 saturated carbocycles. The number of benzene rings is 2. The van der Waals surface area contributed by atoms with Crippen molar-refractivity contribution < 1.29 is 9.84 Å². The maximum Gasteiger partial charge on any atom is 0.128 e. The molecule has 0 saturated heterocycles. The number of hydrogen-bond acceptors (Lipinski definition) is 2. The van der Waals surface area contributed by atoms with E-state index in [2.05, 4.69) is 22.0 Å². The number of aliphatic hydroxyl groups excluding tert-OH is 1. The van der Waals surface area contributed by atoms with E-state index < -0.39 is 6.10 Å². The number of rotatable bonds is 2. The van der Waals surface area contributed by atoms with Crippen molar-refractivity contribution in [3.8, 4) is 5.75 Å². The Balaban J connectivity index is 2.07. The summed E-state index contributed by atoms with van der Waals surface area (Å²) in [5.74, 6) is 0.866. The summed E-state index contributed by atoms with van der Waals surface area (Å²) in [5, 5.41) is 10.8. The molecule has 2 nitrogen and oxygen atoms in total. The molecule has 1 aliphatic rings. The molecule has 0 bridgehead atoms. The zero-order valence-electron chi connectivity index (χ0n) is 11.4. The van der Waals surface area contributed by atoms with Crippen LogP contribution < -0.4 is 4.74 Å². The summed E-state index contributed by atoms with van der Waals surface area (Å²) in [7, 11) is 0. The Hall–Kier alpha value is -1.32. The Labute approximate surface area is 127 Å². The largest absolute Gasteiger partial charge is 0.493 e. The highest BCUT2D eigenvalue weighted by atomic mass is 79.9. The van der Waals surface area contributed by atoms with Crippen LogP contribution in [-0.2, 0) is 6.42 Å². The van der Waals surface area contributed by atoms with Gasteiger partial charge in [0.25, 0.3) is 0 Å². The van der Waals surface area contributed by atoms with E-state index in [4.69, 9.17) is 4.74 Å². The van der Waals surface area contributed by atoms with Crippen molar-refractivity contribution in [1.29, 1.82) is 0 Å². The summed E-state index contributed by atoms with van der Waals surface area (Å²) in [5.41, 5.74) is 4.04. The van der Waals surface area contributed by atoms with Crippen LogP contribution in [0.1, 0.15) is 34.8 Å². The van der Waals surface area contributed by atoms with Gasteiger partial charge in [0, 0.05) is 10.0 Å². The molecule has 1 aliphatic heterocycles. The lowest BCUT2D eigenvalue weighted by Gasteiger charge is -2.23. The second-order valence-electron chi connectivity index (χ2n) is 5.14. The number of hydrogen-bond donors (Lipinski definition) is 1. The van der Waals surface area contributed by atoms with Gasteiger partial charge in [-0.1, -0.05) is 46.3 Å². The average Bonchev–Trinajstić information content (AvgIpc) is 2.49. The highest BCUT2D eigenvalue weighted by Crippen LogP contribution is 2.37. The van der Waals surface area contributed by atoms with Crippen LogP contribution in [-0.4, -0.2) is 11.7 Å². The lowest BCUT2D eigenvalue weighted by atomic mass is 9.93. The Morgan fingerprint density at radius 1 is 1.15 bits per heavy atom. The second-order valence-corrected chi connectivity index (χ2v) is 6.00. The van der Waals surface area contributed by atoms with Gasteiger partial charge >= 0.3 is 0 Å². The third-order valence-corrected chi connectivity index (χ3v) is 4.72. The fraction of sp³-hybridized carbons (Fsp3) is 0.294. The molecule has 3 rings (SSSR count). The molecule has 2 aromatic carbocycles. The van der Waals surface area contributed by atoms with E-state index in [-0.39, 0.29) is 0 Å². The van der Waals surface area contributed by atoms with Crippen molar-refractivity contribution in [1.82, 2.24) is 0 Å². The van der Waals surface area contributed by atoms with Crippen LogP contribution in [0.25, 0.3) is 0 Å². The maximum atomic E-state index is 10.8. The van der Waals surface area contributed by atoms with Crippen molar-refractivity contribution in [2.75, 3.05) is 6.61 Å². The molecular formula is C17H17BrO2. The average molecular weight is 333 g/mol. The Kier molecular flexibility index (Phi) is 3.81. The highest BCUT2D eigenvalue weighted by Gasteiger charge is 2.22. The molecule has 0 aromatic heterocycles. The van der Waals surface area contributed by atoms with E-state index in [1.54, 1.807) is 0 Å². The number of para-hydroxylation sites is 1. The first-order valence-electron chi connectivity index (χ1n) is 6.86. The molecule has 3 heteroatoms. The predicted octanol–water partition coefficient (Wildman–Crippen LogP) is 4.16. The van der Waals surface area contributed by atoms with E-state index in [0.29, 0.717) is 0 Å². The topological polar surface area (TPSA) is 29.5 Å². The van der Waals surface area contributed by atoms with Crippen LogP contribution in [0.2, 0.25) is 0 Å². The molecular weight excluding hydrogens is 316 g/mol. The van der Waals surface area contributed by atoms with E-state index in [9.17, 15) is 5.11 Å². The van der Waals surface area contributed by atoms with Gasteiger partial charge in [-0.25, -0.2) is 0 Å². The molecule has 1 atom stereocenters. The number of aryl methyl sites for hydroxylation is 1. The number of ether oxygens (including phenoxy) is 1. The fourth-order valence-electron chi connectivity index (χ4n) is 2.72. The minimum Gasteiger partial charge on any atom is -0.493 e. The monoisotopic (exact) mass is 332 g/mol. The molecule has 0 spiro atoms. The molecule has 1 heterocycles. The fourth-order valence-corrected chi connectivity index (χ4v) is 3.10. The van der Waals surface area contributed by atoms with Gasteiger partial charge in [0.2, 0.25) is 0 Å². The summed E-state index contributed by atoms with van der Waals surface area (Å²) < 4.78 is 6.81. The minimum atomic E-state index is -0.652. The standard InChI is InChI=1S/C17H17BrO2/c1-11-13(7-3-9-15(11)18)16(19)14-8-2-5-12-6-4-10-20-17(12)14/h2-3,5,7-9,16,19H,4,6,10H2,1H3. The first-order valence-corrected chi connectivity index (χ1v) is 7.65. The minimum absolute atomic E-state index is 0.652. The van der Waals surface area contributed by atoms with Gasteiger partial charge in [0.1, 0.15) is 11.9 Å². The van der Waals surface area contributed by atoms with Gasteiger partial charge in [0.15, 0.2) is 0 Å². The van der Waals surface area contributed by atoms with Crippen LogP contribution in [0.5, 0.6) is 5.75 Å². The number of fused-ring (bicyclic) bond motifs is 1. The zero-order chi connectivity index (χ0) is 14.1. The SMILES string of the molecule is Cc1c(Br)cccc1C(O)c1cccc2c1OCCC2. The van der Waals surface area contributed by atoms with Gasteiger partial charge in [-0.05, 0) is 42.5 Å². The molecule has 20 heavy (non-hydrogen) atoms. The third kappa shape index (κ3) is 2.36. The highest BCUT2D eigenvalue weighted by molar-refractivity contribution is 9.10. The van der Waals surface area contributed by atoms with Crippen LogP contribution in [0.15, 0.2) is 40.9 Å². The van der Waals surface area contributed by atoms with E-state index in [0.717, 1.165) is 46.4 Å². The first kappa shape index (κ1) is 13.7. The van der Waals surface area contributed by atoms with Crippen LogP contribution in [0.3, 0.4) is 0 Å². The molecule has 0 radical (unpaired) electrons. The van der Waals surface area contributed by atoms with Gasteiger partial charge in [-0.3, -0.25) is 0 Å². The first-order chi connectivity index (χ1) is 9.68. The molecule has 1 N–H and O–H groups in total. The summed E-state index contributed by atoms with van der Waals surface area (Å²) in [6.07, 6.45) is 1.41. The van der Waals surface area contributed by atoms with Crippen LogP contribution in [0.4, 0.5) is 0 Å². The normalized spacial score (nSPS) is 15.3. The smallest absolute Gasteiger partial charge is 0.128 e. The van der Waals surface area contributed by atoms with Crippen molar-refractivity contribution in [3.63, 3.8) is 0 Å². The van der Waals surface area contributed by atoms with Crippen molar-refractivity contribution in [3.05, 3.63) is 63.1 Å². The van der Waals surface area contributed by atoms with E-state index in [1.807, 2.05) is 37.3 Å². The van der Waals surface area contributed by atoms with Gasteiger partial charge in [-0.15, -0.1) is 0 Å². The molecule has 104 valence electrons. The second kappa shape index (κ2) is 5.58.